The molecule has 2 saturated carbocycles. The van der Waals surface area contributed by atoms with E-state index in [1.807, 2.05) is 14.0 Å². The van der Waals surface area contributed by atoms with Gasteiger partial charge in [0.25, 0.3) is 0 Å². The zero-order valence-corrected chi connectivity index (χ0v) is 13.3. The van der Waals surface area contributed by atoms with Gasteiger partial charge in [-0.15, -0.1) is 0 Å². The highest BCUT2D eigenvalue weighted by Crippen LogP contribution is 2.35. The third kappa shape index (κ3) is 3.34. The third-order valence-corrected chi connectivity index (χ3v) is 5.28. The van der Waals surface area contributed by atoms with Gasteiger partial charge < -0.3 is 15.0 Å². The molecule has 0 aliphatic heterocycles. The van der Waals surface area contributed by atoms with Gasteiger partial charge in [-0.2, -0.15) is 0 Å². The Kier molecular flexibility index (Phi) is 5.44. The Morgan fingerprint density at radius 1 is 1.35 bits per heavy atom. The zero-order valence-electron chi connectivity index (χ0n) is 13.3. The number of likely N-dealkylation sites (N-methyl/N-ethyl adjacent to an activating group) is 1. The van der Waals surface area contributed by atoms with E-state index in [1.165, 1.54) is 32.2 Å². The minimum atomic E-state index is -0.454. The van der Waals surface area contributed by atoms with Crippen molar-refractivity contribution in [3.05, 3.63) is 0 Å². The van der Waals surface area contributed by atoms with Crippen LogP contribution in [-0.2, 0) is 9.53 Å². The van der Waals surface area contributed by atoms with E-state index in [9.17, 15) is 4.79 Å². The first kappa shape index (κ1) is 15.8. The number of ether oxygens (including phenoxy) is 1. The fourth-order valence-corrected chi connectivity index (χ4v) is 3.93. The molecular formula is C16H30N2O2. The Morgan fingerprint density at radius 3 is 2.65 bits per heavy atom. The van der Waals surface area contributed by atoms with Crippen LogP contribution in [-0.4, -0.2) is 49.7 Å². The van der Waals surface area contributed by atoms with Crippen LogP contribution in [0.4, 0.5) is 0 Å². The molecule has 20 heavy (non-hydrogen) atoms. The van der Waals surface area contributed by atoms with E-state index in [0.29, 0.717) is 12.6 Å². The van der Waals surface area contributed by atoms with Crippen molar-refractivity contribution in [3.8, 4) is 0 Å². The first-order chi connectivity index (χ1) is 9.61. The van der Waals surface area contributed by atoms with Crippen LogP contribution in [0.1, 0.15) is 51.9 Å². The molecule has 4 nitrogen and oxygen atoms in total. The number of carbonyl (C=O) groups excluding carboxylic acids is 1. The standard InChI is InChI=1S/C16H30N2O2/c1-4-20-15(19)16(17-2)10-9-14(11-16)18(3)12-13-7-5-6-8-13/h13-14,17H,4-12H2,1-3H3. The molecule has 0 amide bonds. The summed E-state index contributed by atoms with van der Waals surface area (Å²) < 4.78 is 5.26. The zero-order chi connectivity index (χ0) is 14.6. The summed E-state index contributed by atoms with van der Waals surface area (Å²) in [6, 6.07) is 0.507. The van der Waals surface area contributed by atoms with Crippen molar-refractivity contribution < 1.29 is 9.53 Å². The second-order valence-corrected chi connectivity index (χ2v) is 6.54. The maximum Gasteiger partial charge on any atom is 0.326 e. The highest BCUT2D eigenvalue weighted by molar-refractivity contribution is 5.81. The van der Waals surface area contributed by atoms with Crippen molar-refractivity contribution in [2.75, 3.05) is 27.2 Å². The molecule has 0 heterocycles. The molecule has 2 rings (SSSR count). The molecule has 0 aromatic heterocycles. The van der Waals surface area contributed by atoms with Gasteiger partial charge in [-0.25, -0.2) is 0 Å². The van der Waals surface area contributed by atoms with Crippen molar-refractivity contribution in [3.63, 3.8) is 0 Å². The lowest BCUT2D eigenvalue weighted by Crippen LogP contribution is -2.50. The monoisotopic (exact) mass is 282 g/mol. The van der Waals surface area contributed by atoms with Gasteiger partial charge in [0.05, 0.1) is 6.61 Å². The topological polar surface area (TPSA) is 41.6 Å². The lowest BCUT2D eigenvalue weighted by Gasteiger charge is -2.30. The van der Waals surface area contributed by atoms with E-state index in [0.717, 1.165) is 25.2 Å². The molecule has 2 aliphatic carbocycles. The number of hydrogen-bond donors (Lipinski definition) is 1. The Bertz CT molecular complexity index is 328. The number of esters is 1. The lowest BCUT2D eigenvalue weighted by molar-refractivity contribution is -0.151. The van der Waals surface area contributed by atoms with Crippen LogP contribution < -0.4 is 5.32 Å². The molecule has 2 unspecified atom stereocenters. The van der Waals surface area contributed by atoms with Gasteiger partial charge in [-0.3, -0.25) is 4.79 Å². The van der Waals surface area contributed by atoms with Crippen LogP contribution >= 0.6 is 0 Å². The molecule has 0 radical (unpaired) electrons. The molecule has 4 heteroatoms. The average molecular weight is 282 g/mol. The lowest BCUT2D eigenvalue weighted by atomic mass is 9.97. The number of carbonyl (C=O) groups is 1. The van der Waals surface area contributed by atoms with Gasteiger partial charge in [0.2, 0.25) is 0 Å². The van der Waals surface area contributed by atoms with Crippen molar-refractivity contribution in [1.82, 2.24) is 10.2 Å². The molecule has 2 aliphatic rings. The maximum absolute atomic E-state index is 12.2. The van der Waals surface area contributed by atoms with Gasteiger partial charge in [0, 0.05) is 12.6 Å². The van der Waals surface area contributed by atoms with Crippen LogP contribution in [0.25, 0.3) is 0 Å². The molecule has 0 bridgehead atoms. The van der Waals surface area contributed by atoms with E-state index < -0.39 is 5.54 Å². The number of hydrogen-bond acceptors (Lipinski definition) is 4. The van der Waals surface area contributed by atoms with E-state index in [1.54, 1.807) is 0 Å². The van der Waals surface area contributed by atoms with Crippen LogP contribution in [0, 0.1) is 5.92 Å². The largest absolute Gasteiger partial charge is 0.465 e. The fourth-order valence-electron chi connectivity index (χ4n) is 3.93. The Balaban J connectivity index is 1.90. The van der Waals surface area contributed by atoms with Gasteiger partial charge in [-0.1, -0.05) is 12.8 Å². The number of nitrogens with one attached hydrogen (secondary N) is 1. The molecule has 1 N–H and O–H groups in total. The van der Waals surface area contributed by atoms with Gasteiger partial charge >= 0.3 is 5.97 Å². The Labute approximate surface area is 123 Å². The van der Waals surface area contributed by atoms with Crippen molar-refractivity contribution in [2.24, 2.45) is 5.92 Å². The van der Waals surface area contributed by atoms with E-state index in [4.69, 9.17) is 4.74 Å². The Morgan fingerprint density at radius 2 is 2.05 bits per heavy atom. The highest BCUT2D eigenvalue weighted by Gasteiger charge is 2.46. The van der Waals surface area contributed by atoms with E-state index in [-0.39, 0.29) is 5.97 Å². The first-order valence-corrected chi connectivity index (χ1v) is 8.17. The summed E-state index contributed by atoms with van der Waals surface area (Å²) in [5.41, 5.74) is -0.454. The average Bonchev–Trinajstić information content (AvgIpc) is 3.08. The highest BCUT2D eigenvalue weighted by atomic mass is 16.5. The first-order valence-electron chi connectivity index (χ1n) is 8.17. The molecule has 2 fully saturated rings. The molecule has 0 spiro atoms. The molecule has 0 aromatic carbocycles. The number of rotatable bonds is 6. The quantitative estimate of drug-likeness (QED) is 0.758. The Hall–Kier alpha value is -0.610. The molecular weight excluding hydrogens is 252 g/mol. The van der Waals surface area contributed by atoms with Crippen LogP contribution in [0.5, 0.6) is 0 Å². The molecule has 116 valence electrons. The van der Waals surface area contributed by atoms with Crippen LogP contribution in [0.2, 0.25) is 0 Å². The van der Waals surface area contributed by atoms with Crippen molar-refractivity contribution in [2.45, 2.75) is 63.5 Å². The third-order valence-electron chi connectivity index (χ3n) is 5.28. The smallest absolute Gasteiger partial charge is 0.326 e. The van der Waals surface area contributed by atoms with Crippen molar-refractivity contribution in [1.29, 1.82) is 0 Å². The van der Waals surface area contributed by atoms with Gasteiger partial charge in [0.15, 0.2) is 0 Å². The number of nitrogens with zero attached hydrogens (tertiary/aromatic N) is 1. The maximum atomic E-state index is 12.2. The second-order valence-electron chi connectivity index (χ2n) is 6.54. The van der Waals surface area contributed by atoms with Crippen molar-refractivity contribution >= 4 is 5.97 Å². The molecule has 2 atom stereocenters. The summed E-state index contributed by atoms with van der Waals surface area (Å²) in [5, 5.41) is 3.24. The van der Waals surface area contributed by atoms with Gasteiger partial charge in [-0.05, 0) is 59.0 Å². The molecule has 0 saturated heterocycles. The fraction of sp³-hybridized carbons (Fsp3) is 0.938. The SMILES string of the molecule is CCOC(=O)C1(NC)CCC(N(C)CC2CCCC2)C1. The predicted molar refractivity (Wildman–Crippen MR) is 80.7 cm³/mol. The van der Waals surface area contributed by atoms with Crippen LogP contribution in [0.3, 0.4) is 0 Å². The predicted octanol–water partition coefficient (Wildman–Crippen LogP) is 2.18. The second kappa shape index (κ2) is 6.90. The van der Waals surface area contributed by atoms with Gasteiger partial charge in [0.1, 0.15) is 5.54 Å². The van der Waals surface area contributed by atoms with Crippen LogP contribution in [0.15, 0.2) is 0 Å². The minimum Gasteiger partial charge on any atom is -0.465 e. The minimum absolute atomic E-state index is 0.0701. The summed E-state index contributed by atoms with van der Waals surface area (Å²) >= 11 is 0. The normalized spacial score (nSPS) is 31.1. The summed E-state index contributed by atoms with van der Waals surface area (Å²) in [7, 11) is 4.11. The molecule has 0 aromatic rings. The summed E-state index contributed by atoms with van der Waals surface area (Å²) in [5.74, 6) is 0.798. The summed E-state index contributed by atoms with van der Waals surface area (Å²) in [4.78, 5) is 14.7. The van der Waals surface area contributed by atoms with E-state index >= 15 is 0 Å². The summed E-state index contributed by atoms with van der Waals surface area (Å²) in [6.07, 6.45) is 8.41. The van der Waals surface area contributed by atoms with E-state index in [2.05, 4.69) is 17.3 Å². The summed E-state index contributed by atoms with van der Waals surface area (Å²) in [6.45, 7) is 3.53.